The summed E-state index contributed by atoms with van der Waals surface area (Å²) >= 11 is 0. The van der Waals surface area contributed by atoms with Gasteiger partial charge in [-0.3, -0.25) is 0 Å². The van der Waals surface area contributed by atoms with E-state index >= 15 is 0 Å². The lowest BCUT2D eigenvalue weighted by molar-refractivity contribution is 0.0526. The Balaban J connectivity index is 2.84. The van der Waals surface area contributed by atoms with E-state index < -0.39 is 0 Å². The van der Waals surface area contributed by atoms with Gasteiger partial charge in [0.05, 0.1) is 18.8 Å². The first kappa shape index (κ1) is 12.5. The van der Waals surface area contributed by atoms with Crippen LogP contribution in [0, 0.1) is 0 Å². The molecule has 0 amide bonds. The Morgan fingerprint density at radius 1 is 1.31 bits per heavy atom. The summed E-state index contributed by atoms with van der Waals surface area (Å²) in [6, 6.07) is 5.06. The van der Waals surface area contributed by atoms with Crippen molar-refractivity contribution < 1.29 is 14.3 Å². The fraction of sp³-hybridized carbons (Fsp3) is 0.417. The van der Waals surface area contributed by atoms with Gasteiger partial charge in [0.25, 0.3) is 0 Å². The highest BCUT2D eigenvalue weighted by Gasteiger charge is 2.08. The molecule has 0 saturated carbocycles. The van der Waals surface area contributed by atoms with Crippen LogP contribution in [0.15, 0.2) is 18.2 Å². The zero-order chi connectivity index (χ0) is 12.0. The van der Waals surface area contributed by atoms with E-state index in [-0.39, 0.29) is 5.97 Å². The van der Waals surface area contributed by atoms with Gasteiger partial charge in [-0.1, -0.05) is 0 Å². The first-order valence-electron chi connectivity index (χ1n) is 5.32. The van der Waals surface area contributed by atoms with Crippen LogP contribution in [0.4, 0.5) is 5.69 Å². The second kappa shape index (κ2) is 6.12. The first-order valence-corrected chi connectivity index (χ1v) is 5.32. The minimum absolute atomic E-state index is 0.333. The van der Waals surface area contributed by atoms with E-state index in [4.69, 9.17) is 15.2 Å². The largest absolute Gasteiger partial charge is 0.462 e. The summed E-state index contributed by atoms with van der Waals surface area (Å²) in [5.74, 6) is -0.333. The van der Waals surface area contributed by atoms with Crippen LogP contribution in [-0.2, 0) is 16.1 Å². The molecule has 0 radical (unpaired) electrons. The van der Waals surface area contributed by atoms with Crippen LogP contribution < -0.4 is 5.73 Å². The number of carbonyl (C=O) groups excluding carboxylic acids is 1. The summed E-state index contributed by atoms with van der Waals surface area (Å²) in [5, 5.41) is 0. The summed E-state index contributed by atoms with van der Waals surface area (Å²) < 4.78 is 10.2. The molecule has 0 aliphatic heterocycles. The quantitative estimate of drug-likeness (QED) is 0.612. The molecule has 0 aromatic heterocycles. The third kappa shape index (κ3) is 3.24. The predicted octanol–water partition coefficient (Wildman–Crippen LogP) is 1.98. The third-order valence-electron chi connectivity index (χ3n) is 2.12. The Morgan fingerprint density at radius 2 is 2.06 bits per heavy atom. The van der Waals surface area contributed by atoms with Gasteiger partial charge in [0.2, 0.25) is 0 Å². The Morgan fingerprint density at radius 3 is 2.69 bits per heavy atom. The van der Waals surface area contributed by atoms with E-state index in [0.717, 1.165) is 5.56 Å². The molecule has 1 rings (SSSR count). The van der Waals surface area contributed by atoms with Gasteiger partial charge in [0.15, 0.2) is 0 Å². The Bertz CT molecular complexity index is 363. The van der Waals surface area contributed by atoms with Gasteiger partial charge in [0, 0.05) is 17.9 Å². The molecule has 0 atom stereocenters. The molecule has 0 spiro atoms. The minimum atomic E-state index is -0.333. The van der Waals surface area contributed by atoms with Crippen LogP contribution in [0.2, 0.25) is 0 Å². The molecule has 88 valence electrons. The van der Waals surface area contributed by atoms with Gasteiger partial charge in [0.1, 0.15) is 0 Å². The maximum Gasteiger partial charge on any atom is 0.338 e. The molecule has 4 nitrogen and oxygen atoms in total. The maximum atomic E-state index is 11.5. The Hall–Kier alpha value is -1.55. The molecule has 0 heterocycles. The van der Waals surface area contributed by atoms with Crippen molar-refractivity contribution >= 4 is 11.7 Å². The molecule has 1 aromatic rings. The van der Waals surface area contributed by atoms with Crippen molar-refractivity contribution in [2.75, 3.05) is 18.9 Å². The van der Waals surface area contributed by atoms with Crippen molar-refractivity contribution in [1.82, 2.24) is 0 Å². The smallest absolute Gasteiger partial charge is 0.338 e. The van der Waals surface area contributed by atoms with E-state index in [0.29, 0.717) is 31.1 Å². The van der Waals surface area contributed by atoms with Gasteiger partial charge < -0.3 is 15.2 Å². The molecule has 16 heavy (non-hydrogen) atoms. The van der Waals surface area contributed by atoms with Crippen molar-refractivity contribution in [3.05, 3.63) is 29.3 Å². The Kier molecular flexibility index (Phi) is 4.79. The summed E-state index contributed by atoms with van der Waals surface area (Å²) in [6.45, 7) is 5.07. The van der Waals surface area contributed by atoms with Crippen LogP contribution in [0.3, 0.4) is 0 Å². The topological polar surface area (TPSA) is 61.5 Å². The second-order valence-electron chi connectivity index (χ2n) is 3.27. The second-order valence-corrected chi connectivity index (χ2v) is 3.27. The van der Waals surface area contributed by atoms with Crippen molar-refractivity contribution in [3.63, 3.8) is 0 Å². The molecule has 2 N–H and O–H groups in total. The lowest BCUT2D eigenvalue weighted by atomic mass is 10.1. The lowest BCUT2D eigenvalue weighted by Gasteiger charge is -2.08. The van der Waals surface area contributed by atoms with E-state index in [9.17, 15) is 4.79 Å². The average Bonchev–Trinajstić information content (AvgIpc) is 2.28. The number of ether oxygens (including phenoxy) is 2. The van der Waals surface area contributed by atoms with Crippen LogP contribution in [-0.4, -0.2) is 19.2 Å². The zero-order valence-corrected chi connectivity index (χ0v) is 9.66. The molecule has 0 saturated heterocycles. The fourth-order valence-corrected chi connectivity index (χ4v) is 1.28. The van der Waals surface area contributed by atoms with Crippen LogP contribution >= 0.6 is 0 Å². The van der Waals surface area contributed by atoms with E-state index in [1.54, 1.807) is 25.1 Å². The number of hydrogen-bond donors (Lipinski definition) is 1. The van der Waals surface area contributed by atoms with E-state index in [1.807, 2.05) is 6.92 Å². The standard InChI is InChI=1S/C12H17NO3/c1-3-15-8-10-7-9(5-6-11(10)13)12(14)16-4-2/h5-7H,3-4,8,13H2,1-2H3. The molecule has 0 aliphatic carbocycles. The molecule has 0 fully saturated rings. The highest BCUT2D eigenvalue weighted by molar-refractivity contribution is 5.90. The highest BCUT2D eigenvalue weighted by Crippen LogP contribution is 2.16. The lowest BCUT2D eigenvalue weighted by Crippen LogP contribution is -2.07. The summed E-state index contributed by atoms with van der Waals surface area (Å²) in [4.78, 5) is 11.5. The number of carbonyl (C=O) groups is 1. The monoisotopic (exact) mass is 223 g/mol. The van der Waals surface area contributed by atoms with Crippen molar-refractivity contribution in [3.8, 4) is 0 Å². The summed E-state index contributed by atoms with van der Waals surface area (Å²) in [6.07, 6.45) is 0. The van der Waals surface area contributed by atoms with Crippen molar-refractivity contribution in [2.24, 2.45) is 0 Å². The molecule has 0 unspecified atom stereocenters. The SMILES string of the molecule is CCOCc1cc(C(=O)OCC)ccc1N. The normalized spacial score (nSPS) is 10.1. The van der Waals surface area contributed by atoms with Gasteiger partial charge in [-0.15, -0.1) is 0 Å². The van der Waals surface area contributed by atoms with Gasteiger partial charge >= 0.3 is 5.97 Å². The first-order chi connectivity index (χ1) is 7.69. The number of benzene rings is 1. The summed E-state index contributed by atoms with van der Waals surface area (Å²) in [5.41, 5.74) is 7.72. The number of hydrogen-bond acceptors (Lipinski definition) is 4. The van der Waals surface area contributed by atoms with Crippen LogP contribution in [0.25, 0.3) is 0 Å². The van der Waals surface area contributed by atoms with Crippen molar-refractivity contribution in [2.45, 2.75) is 20.5 Å². The molecular weight excluding hydrogens is 206 g/mol. The molecule has 0 bridgehead atoms. The number of esters is 1. The van der Waals surface area contributed by atoms with Crippen LogP contribution in [0.1, 0.15) is 29.8 Å². The fourth-order valence-electron chi connectivity index (χ4n) is 1.28. The van der Waals surface area contributed by atoms with E-state index in [1.165, 1.54) is 0 Å². The highest BCUT2D eigenvalue weighted by atomic mass is 16.5. The minimum Gasteiger partial charge on any atom is -0.462 e. The van der Waals surface area contributed by atoms with Gasteiger partial charge in [-0.05, 0) is 32.0 Å². The maximum absolute atomic E-state index is 11.5. The number of nitrogens with two attached hydrogens (primary N) is 1. The van der Waals surface area contributed by atoms with Crippen molar-refractivity contribution in [1.29, 1.82) is 0 Å². The molecular formula is C12H17NO3. The summed E-state index contributed by atoms with van der Waals surface area (Å²) in [7, 11) is 0. The third-order valence-corrected chi connectivity index (χ3v) is 2.12. The number of anilines is 1. The van der Waals surface area contributed by atoms with Crippen LogP contribution in [0.5, 0.6) is 0 Å². The molecule has 0 aliphatic rings. The zero-order valence-electron chi connectivity index (χ0n) is 9.66. The molecule has 1 aromatic carbocycles. The molecule has 4 heteroatoms. The van der Waals surface area contributed by atoms with Gasteiger partial charge in [-0.2, -0.15) is 0 Å². The number of nitrogen functional groups attached to an aromatic ring is 1. The average molecular weight is 223 g/mol. The van der Waals surface area contributed by atoms with E-state index in [2.05, 4.69) is 0 Å². The predicted molar refractivity (Wildman–Crippen MR) is 62.1 cm³/mol. The Labute approximate surface area is 95.3 Å². The number of rotatable bonds is 5. The van der Waals surface area contributed by atoms with Gasteiger partial charge in [-0.25, -0.2) is 4.79 Å².